The van der Waals surface area contributed by atoms with Crippen LogP contribution in [0.15, 0.2) is 25.4 Å². The van der Waals surface area contributed by atoms with Crippen LogP contribution in [0.1, 0.15) is 16.8 Å². The monoisotopic (exact) mass is 199 g/mol. The van der Waals surface area contributed by atoms with E-state index in [1.54, 1.807) is 25.5 Å². The standard InChI is InChI=1S/C13H13NO/c1-4-12-9-11(7-6-8-15-3)10-14-13(12)5-2/h4-5,9-10H,1-2,8H2,3H3. The van der Waals surface area contributed by atoms with E-state index in [9.17, 15) is 0 Å². The van der Waals surface area contributed by atoms with Gasteiger partial charge in [0, 0.05) is 24.4 Å². The van der Waals surface area contributed by atoms with Crippen LogP contribution in [0, 0.1) is 11.8 Å². The molecule has 0 aromatic carbocycles. The summed E-state index contributed by atoms with van der Waals surface area (Å²) in [5.74, 6) is 5.82. The second kappa shape index (κ2) is 5.79. The summed E-state index contributed by atoms with van der Waals surface area (Å²) >= 11 is 0. The SMILES string of the molecule is C=Cc1cc(C#CCOC)cnc1C=C. The first-order valence-electron chi connectivity index (χ1n) is 4.54. The van der Waals surface area contributed by atoms with Crippen molar-refractivity contribution in [1.29, 1.82) is 0 Å². The Bertz CT molecular complexity index is 424. The topological polar surface area (TPSA) is 22.1 Å². The molecule has 15 heavy (non-hydrogen) atoms. The summed E-state index contributed by atoms with van der Waals surface area (Å²) in [5.41, 5.74) is 2.61. The first-order valence-corrected chi connectivity index (χ1v) is 4.54. The molecule has 2 nitrogen and oxygen atoms in total. The number of hydrogen-bond acceptors (Lipinski definition) is 2. The molecular weight excluding hydrogens is 186 g/mol. The molecule has 0 bridgehead atoms. The molecule has 2 heteroatoms. The van der Waals surface area contributed by atoms with Gasteiger partial charge >= 0.3 is 0 Å². The minimum atomic E-state index is 0.423. The average Bonchev–Trinajstić information content (AvgIpc) is 2.29. The van der Waals surface area contributed by atoms with E-state index in [-0.39, 0.29) is 0 Å². The highest BCUT2D eigenvalue weighted by Crippen LogP contribution is 2.10. The molecular formula is C13H13NO. The molecule has 0 amide bonds. The highest BCUT2D eigenvalue weighted by molar-refractivity contribution is 5.62. The smallest absolute Gasteiger partial charge is 0.107 e. The van der Waals surface area contributed by atoms with E-state index in [0.717, 1.165) is 16.8 Å². The van der Waals surface area contributed by atoms with Gasteiger partial charge in [0.25, 0.3) is 0 Å². The van der Waals surface area contributed by atoms with Crippen LogP contribution in [0.25, 0.3) is 12.2 Å². The van der Waals surface area contributed by atoms with Crippen molar-refractivity contribution < 1.29 is 4.74 Å². The molecule has 1 heterocycles. The zero-order valence-corrected chi connectivity index (χ0v) is 8.79. The molecule has 0 fully saturated rings. The Morgan fingerprint density at radius 1 is 1.47 bits per heavy atom. The van der Waals surface area contributed by atoms with Gasteiger partial charge in [0.1, 0.15) is 6.61 Å². The molecule has 0 aliphatic heterocycles. The number of rotatable bonds is 3. The largest absolute Gasteiger partial charge is 0.372 e. The lowest BCUT2D eigenvalue weighted by molar-refractivity contribution is 0.240. The number of pyridine rings is 1. The molecule has 0 spiro atoms. The maximum atomic E-state index is 4.83. The summed E-state index contributed by atoms with van der Waals surface area (Å²) in [6.45, 7) is 7.82. The van der Waals surface area contributed by atoms with Crippen molar-refractivity contribution in [2.24, 2.45) is 0 Å². The minimum Gasteiger partial charge on any atom is -0.372 e. The van der Waals surface area contributed by atoms with Gasteiger partial charge in [-0.2, -0.15) is 0 Å². The molecule has 0 aliphatic carbocycles. The molecule has 76 valence electrons. The Hall–Kier alpha value is -1.85. The lowest BCUT2D eigenvalue weighted by atomic mass is 10.1. The van der Waals surface area contributed by atoms with Crippen LogP contribution in [-0.2, 0) is 4.74 Å². The van der Waals surface area contributed by atoms with E-state index in [0.29, 0.717) is 6.61 Å². The fourth-order valence-corrected chi connectivity index (χ4v) is 1.11. The zero-order valence-electron chi connectivity index (χ0n) is 8.79. The Balaban J connectivity index is 2.99. The summed E-state index contributed by atoms with van der Waals surface area (Å²) in [6.07, 6.45) is 5.15. The lowest BCUT2D eigenvalue weighted by Crippen LogP contribution is -1.89. The van der Waals surface area contributed by atoms with Crippen molar-refractivity contribution in [3.63, 3.8) is 0 Å². The maximum absolute atomic E-state index is 4.83. The molecule has 0 radical (unpaired) electrons. The van der Waals surface area contributed by atoms with Crippen molar-refractivity contribution in [2.75, 3.05) is 13.7 Å². The number of methoxy groups -OCH3 is 1. The van der Waals surface area contributed by atoms with Crippen molar-refractivity contribution >= 4 is 12.2 Å². The van der Waals surface area contributed by atoms with Crippen LogP contribution in [-0.4, -0.2) is 18.7 Å². The van der Waals surface area contributed by atoms with Crippen molar-refractivity contribution in [2.45, 2.75) is 0 Å². The van der Waals surface area contributed by atoms with Crippen molar-refractivity contribution in [3.05, 3.63) is 42.2 Å². The summed E-state index contributed by atoms with van der Waals surface area (Å²) < 4.78 is 4.83. The minimum absolute atomic E-state index is 0.423. The van der Waals surface area contributed by atoms with Gasteiger partial charge < -0.3 is 4.74 Å². The fraction of sp³-hybridized carbons (Fsp3) is 0.154. The second-order valence-electron chi connectivity index (χ2n) is 2.84. The second-order valence-corrected chi connectivity index (χ2v) is 2.84. The summed E-state index contributed by atoms with van der Waals surface area (Å²) in [7, 11) is 1.61. The molecule has 0 N–H and O–H groups in total. The number of hydrogen-bond donors (Lipinski definition) is 0. The normalized spacial score (nSPS) is 8.87. The third-order valence-electron chi connectivity index (χ3n) is 1.81. The quantitative estimate of drug-likeness (QED) is 0.697. The van der Waals surface area contributed by atoms with Gasteiger partial charge in [0.05, 0.1) is 5.69 Å². The Kier molecular flexibility index (Phi) is 4.33. The lowest BCUT2D eigenvalue weighted by Gasteiger charge is -1.99. The van der Waals surface area contributed by atoms with Crippen LogP contribution in [0.4, 0.5) is 0 Å². The number of aromatic nitrogens is 1. The molecule has 1 rings (SSSR count). The summed E-state index contributed by atoms with van der Waals surface area (Å²) in [6, 6.07) is 1.93. The number of nitrogens with zero attached hydrogens (tertiary/aromatic N) is 1. The third-order valence-corrected chi connectivity index (χ3v) is 1.81. The van der Waals surface area contributed by atoms with E-state index in [1.165, 1.54) is 0 Å². The highest BCUT2D eigenvalue weighted by Gasteiger charge is 1.97. The molecule has 0 atom stereocenters. The number of ether oxygens (including phenoxy) is 1. The molecule has 0 saturated heterocycles. The van der Waals surface area contributed by atoms with Crippen LogP contribution in [0.3, 0.4) is 0 Å². The first-order chi connectivity index (χ1) is 7.31. The highest BCUT2D eigenvalue weighted by atomic mass is 16.5. The molecule has 0 saturated carbocycles. The molecule has 1 aromatic rings. The zero-order chi connectivity index (χ0) is 11.1. The van der Waals surface area contributed by atoms with Crippen molar-refractivity contribution in [1.82, 2.24) is 4.98 Å². The van der Waals surface area contributed by atoms with Crippen molar-refractivity contribution in [3.8, 4) is 11.8 Å². The summed E-state index contributed by atoms with van der Waals surface area (Å²) in [4.78, 5) is 4.21. The Morgan fingerprint density at radius 2 is 2.27 bits per heavy atom. The van der Waals surface area contributed by atoms with Gasteiger partial charge in [0.15, 0.2) is 0 Å². The van der Waals surface area contributed by atoms with E-state index in [4.69, 9.17) is 4.74 Å². The van der Waals surface area contributed by atoms with Crippen LogP contribution < -0.4 is 0 Å². The van der Waals surface area contributed by atoms with Gasteiger partial charge in [-0.1, -0.05) is 31.1 Å². The molecule has 0 aliphatic rings. The fourth-order valence-electron chi connectivity index (χ4n) is 1.11. The molecule has 1 aromatic heterocycles. The predicted octanol–water partition coefficient (Wildman–Crippen LogP) is 2.37. The van der Waals surface area contributed by atoms with E-state index >= 15 is 0 Å². The Labute approximate surface area is 90.3 Å². The van der Waals surface area contributed by atoms with Crippen LogP contribution in [0.5, 0.6) is 0 Å². The van der Waals surface area contributed by atoms with Gasteiger partial charge in [-0.3, -0.25) is 4.98 Å². The van der Waals surface area contributed by atoms with E-state index < -0.39 is 0 Å². The maximum Gasteiger partial charge on any atom is 0.107 e. The van der Waals surface area contributed by atoms with Gasteiger partial charge in [0.2, 0.25) is 0 Å². The van der Waals surface area contributed by atoms with Gasteiger partial charge in [-0.15, -0.1) is 0 Å². The summed E-state index contributed by atoms with van der Waals surface area (Å²) in [5, 5.41) is 0. The third kappa shape index (κ3) is 3.08. The van der Waals surface area contributed by atoms with E-state index in [2.05, 4.69) is 30.0 Å². The van der Waals surface area contributed by atoms with Crippen LogP contribution in [0.2, 0.25) is 0 Å². The average molecular weight is 199 g/mol. The van der Waals surface area contributed by atoms with Gasteiger partial charge in [-0.25, -0.2) is 0 Å². The van der Waals surface area contributed by atoms with Crippen LogP contribution >= 0.6 is 0 Å². The van der Waals surface area contributed by atoms with Gasteiger partial charge in [-0.05, 0) is 12.1 Å². The predicted molar refractivity (Wildman–Crippen MR) is 63.2 cm³/mol. The molecule has 0 unspecified atom stereocenters. The van der Waals surface area contributed by atoms with E-state index in [1.807, 2.05) is 6.07 Å². The Morgan fingerprint density at radius 3 is 2.87 bits per heavy atom. The first kappa shape index (κ1) is 11.2.